The maximum atomic E-state index is 13.4. The molecule has 0 radical (unpaired) electrons. The molecule has 0 spiro atoms. The van der Waals surface area contributed by atoms with E-state index >= 15 is 0 Å². The van der Waals surface area contributed by atoms with E-state index in [0.717, 1.165) is 17.7 Å². The quantitative estimate of drug-likeness (QED) is 0.807. The zero-order valence-electron chi connectivity index (χ0n) is 14.0. The number of hydrogen-bond acceptors (Lipinski definition) is 4. The number of urea groups is 1. The Labute approximate surface area is 148 Å². The van der Waals surface area contributed by atoms with Crippen LogP contribution in [0.1, 0.15) is 31.1 Å². The number of carbonyl (C=O) groups excluding carboxylic acids is 3. The second-order valence-corrected chi connectivity index (χ2v) is 6.52. The molecule has 26 heavy (non-hydrogen) atoms. The van der Waals surface area contributed by atoms with Gasteiger partial charge in [-0.2, -0.15) is 0 Å². The highest BCUT2D eigenvalue weighted by Gasteiger charge is 2.35. The molecule has 2 aliphatic heterocycles. The smallest absolute Gasteiger partial charge is 0.325 e. The lowest BCUT2D eigenvalue weighted by Gasteiger charge is -2.35. The van der Waals surface area contributed by atoms with Gasteiger partial charge in [0.1, 0.15) is 18.2 Å². The van der Waals surface area contributed by atoms with Gasteiger partial charge < -0.3 is 15.2 Å². The topological polar surface area (TPSA) is 98.4 Å². The molecule has 2 aromatic rings. The minimum atomic E-state index is -0.545. The lowest BCUT2D eigenvalue weighted by atomic mass is 10.0. The molecular formula is C17H18FN5O3. The summed E-state index contributed by atoms with van der Waals surface area (Å²) < 4.78 is 13.4. The van der Waals surface area contributed by atoms with Gasteiger partial charge >= 0.3 is 6.03 Å². The number of rotatable bonds is 3. The summed E-state index contributed by atoms with van der Waals surface area (Å²) in [5.74, 6) is -0.471. The van der Waals surface area contributed by atoms with Crippen LogP contribution < -0.4 is 5.32 Å². The van der Waals surface area contributed by atoms with E-state index in [1.807, 2.05) is 0 Å². The third-order valence-electron chi connectivity index (χ3n) is 4.83. The molecule has 2 fully saturated rings. The lowest BCUT2D eigenvalue weighted by Crippen LogP contribution is -2.46. The van der Waals surface area contributed by atoms with E-state index in [1.54, 1.807) is 11.0 Å². The van der Waals surface area contributed by atoms with E-state index in [0.29, 0.717) is 29.8 Å². The van der Waals surface area contributed by atoms with Crippen molar-refractivity contribution < 1.29 is 18.8 Å². The minimum Gasteiger partial charge on any atom is -0.340 e. The average Bonchev–Trinajstić information content (AvgIpc) is 3.19. The molecule has 2 N–H and O–H groups in total. The number of fused-ring (bicyclic) bond motifs is 1. The molecule has 0 aliphatic carbocycles. The molecule has 3 heterocycles. The molecule has 1 aromatic heterocycles. The van der Waals surface area contributed by atoms with Crippen LogP contribution >= 0.6 is 0 Å². The fraction of sp³-hybridized carbons (Fsp3) is 0.412. The number of nitrogens with zero attached hydrogens (tertiary/aromatic N) is 3. The number of aromatic amines is 1. The summed E-state index contributed by atoms with van der Waals surface area (Å²) in [7, 11) is 0. The maximum absolute atomic E-state index is 13.4. The van der Waals surface area contributed by atoms with E-state index in [-0.39, 0.29) is 30.9 Å². The molecule has 1 aromatic carbocycles. The average molecular weight is 359 g/mol. The first-order chi connectivity index (χ1) is 12.5. The Morgan fingerprint density at radius 2 is 2.15 bits per heavy atom. The molecule has 0 unspecified atom stereocenters. The molecule has 4 amide bonds. The number of H-pyrrole nitrogens is 1. The van der Waals surface area contributed by atoms with Gasteiger partial charge in [0.05, 0.1) is 23.6 Å². The third-order valence-corrected chi connectivity index (χ3v) is 4.83. The molecular weight excluding hydrogens is 341 g/mol. The summed E-state index contributed by atoms with van der Waals surface area (Å²) in [5.41, 5.74) is 1.21. The van der Waals surface area contributed by atoms with Gasteiger partial charge in [-0.3, -0.25) is 14.5 Å². The Balaban J connectivity index is 1.58. The summed E-state index contributed by atoms with van der Waals surface area (Å²) in [4.78, 5) is 46.3. The second-order valence-electron chi connectivity index (χ2n) is 6.52. The predicted molar refractivity (Wildman–Crippen MR) is 89.5 cm³/mol. The number of hydrogen-bond donors (Lipinski definition) is 2. The molecule has 9 heteroatoms. The van der Waals surface area contributed by atoms with Crippen molar-refractivity contribution in [3.8, 4) is 0 Å². The van der Waals surface area contributed by atoms with E-state index < -0.39 is 11.9 Å². The number of piperidine rings is 1. The summed E-state index contributed by atoms with van der Waals surface area (Å²) in [6, 6.07) is 3.47. The van der Waals surface area contributed by atoms with Crippen molar-refractivity contribution in [3.63, 3.8) is 0 Å². The number of benzene rings is 1. The number of imide groups is 1. The molecule has 2 aliphatic rings. The SMILES string of the molecule is O=C1CNC(=O)N1CC(=O)N1CCCC[C@H]1c1nc2ccc(F)cc2[nH]1. The van der Waals surface area contributed by atoms with Crippen LogP contribution in [0.5, 0.6) is 0 Å². The van der Waals surface area contributed by atoms with E-state index in [4.69, 9.17) is 0 Å². The Kier molecular flexibility index (Phi) is 4.06. The zero-order valence-corrected chi connectivity index (χ0v) is 14.0. The van der Waals surface area contributed by atoms with Crippen molar-refractivity contribution >= 4 is 28.9 Å². The zero-order chi connectivity index (χ0) is 18.3. The summed E-state index contributed by atoms with van der Waals surface area (Å²) in [5, 5.41) is 2.41. The first-order valence-electron chi connectivity index (χ1n) is 8.56. The molecule has 8 nitrogen and oxygen atoms in total. The van der Waals surface area contributed by atoms with Gasteiger partial charge in [0, 0.05) is 6.54 Å². The molecule has 0 bridgehead atoms. The molecule has 2 saturated heterocycles. The number of imidazole rings is 1. The van der Waals surface area contributed by atoms with E-state index in [1.165, 1.54) is 12.1 Å². The largest absolute Gasteiger partial charge is 0.340 e. The number of amides is 4. The van der Waals surface area contributed by atoms with Crippen LogP contribution in [0.2, 0.25) is 0 Å². The van der Waals surface area contributed by atoms with Crippen molar-refractivity contribution in [2.75, 3.05) is 19.6 Å². The highest BCUT2D eigenvalue weighted by molar-refractivity contribution is 6.04. The van der Waals surface area contributed by atoms with Gasteiger partial charge in [-0.1, -0.05) is 0 Å². The van der Waals surface area contributed by atoms with Crippen LogP contribution in [0.4, 0.5) is 9.18 Å². The number of likely N-dealkylation sites (tertiary alicyclic amines) is 1. The molecule has 4 rings (SSSR count). The van der Waals surface area contributed by atoms with E-state index in [9.17, 15) is 18.8 Å². The van der Waals surface area contributed by atoms with Crippen molar-refractivity contribution in [1.82, 2.24) is 25.1 Å². The normalized spacial score (nSPS) is 20.7. The third kappa shape index (κ3) is 2.89. The Morgan fingerprint density at radius 3 is 2.92 bits per heavy atom. The number of carbonyl (C=O) groups is 3. The van der Waals surface area contributed by atoms with Crippen molar-refractivity contribution in [2.24, 2.45) is 0 Å². The molecule has 0 saturated carbocycles. The summed E-state index contributed by atoms with van der Waals surface area (Å²) in [6.07, 6.45) is 2.49. The van der Waals surface area contributed by atoms with Crippen molar-refractivity contribution in [2.45, 2.75) is 25.3 Å². The van der Waals surface area contributed by atoms with Crippen LogP contribution in [-0.2, 0) is 9.59 Å². The fourth-order valence-electron chi connectivity index (χ4n) is 3.52. The van der Waals surface area contributed by atoms with Crippen molar-refractivity contribution in [3.05, 3.63) is 29.8 Å². The van der Waals surface area contributed by atoms with Gasteiger partial charge in [0.2, 0.25) is 5.91 Å². The predicted octanol–water partition coefficient (Wildman–Crippen LogP) is 1.31. The van der Waals surface area contributed by atoms with Crippen LogP contribution in [0.25, 0.3) is 11.0 Å². The Morgan fingerprint density at radius 1 is 1.31 bits per heavy atom. The van der Waals surface area contributed by atoms with Crippen LogP contribution in [0, 0.1) is 5.82 Å². The first kappa shape index (κ1) is 16.5. The van der Waals surface area contributed by atoms with Crippen molar-refractivity contribution in [1.29, 1.82) is 0 Å². The second kappa shape index (κ2) is 6.40. The number of aromatic nitrogens is 2. The maximum Gasteiger partial charge on any atom is 0.325 e. The first-order valence-corrected chi connectivity index (χ1v) is 8.56. The van der Waals surface area contributed by atoms with Gasteiger partial charge in [-0.15, -0.1) is 0 Å². The van der Waals surface area contributed by atoms with Gasteiger partial charge in [0.25, 0.3) is 5.91 Å². The summed E-state index contributed by atoms with van der Waals surface area (Å²) in [6.45, 7) is 0.166. The minimum absolute atomic E-state index is 0.0787. The monoisotopic (exact) mass is 359 g/mol. The van der Waals surface area contributed by atoms with Crippen LogP contribution in [-0.4, -0.2) is 57.2 Å². The lowest BCUT2D eigenvalue weighted by molar-refractivity contribution is -0.139. The number of nitrogens with one attached hydrogen (secondary N) is 2. The van der Waals surface area contributed by atoms with Crippen LogP contribution in [0.15, 0.2) is 18.2 Å². The highest BCUT2D eigenvalue weighted by atomic mass is 19.1. The van der Waals surface area contributed by atoms with Crippen LogP contribution in [0.3, 0.4) is 0 Å². The van der Waals surface area contributed by atoms with Gasteiger partial charge in [0.15, 0.2) is 0 Å². The Hall–Kier alpha value is -2.97. The standard InChI is InChI=1S/C17H18FN5O3/c18-10-4-5-11-12(7-10)21-16(20-11)13-3-1-2-6-22(13)15(25)9-23-14(24)8-19-17(23)26/h4-5,7,13H,1-3,6,8-9H2,(H,19,26)(H,20,21)/t13-/m0/s1. The van der Waals surface area contributed by atoms with Gasteiger partial charge in [-0.25, -0.2) is 14.2 Å². The summed E-state index contributed by atoms with van der Waals surface area (Å²) >= 11 is 0. The highest BCUT2D eigenvalue weighted by Crippen LogP contribution is 2.31. The fourth-order valence-corrected chi connectivity index (χ4v) is 3.52. The molecule has 136 valence electrons. The number of halogens is 1. The molecule has 1 atom stereocenters. The Bertz CT molecular complexity index is 880. The van der Waals surface area contributed by atoms with Gasteiger partial charge in [-0.05, 0) is 37.5 Å². The van der Waals surface area contributed by atoms with E-state index in [2.05, 4.69) is 15.3 Å².